The Balaban J connectivity index is 2.61. The lowest BCUT2D eigenvalue weighted by molar-refractivity contribution is -0.105. The summed E-state index contributed by atoms with van der Waals surface area (Å²) < 4.78 is 1.38. The van der Waals surface area contributed by atoms with Crippen LogP contribution in [0.1, 0.15) is 0 Å². The van der Waals surface area contributed by atoms with Gasteiger partial charge in [-0.1, -0.05) is 0 Å². The zero-order chi connectivity index (χ0) is 9.26. The summed E-state index contributed by atoms with van der Waals surface area (Å²) in [5.74, 6) is 0.186. The minimum absolute atomic E-state index is 0.0222. The van der Waals surface area contributed by atoms with Crippen LogP contribution in [0.5, 0.6) is 5.75 Å². The van der Waals surface area contributed by atoms with E-state index in [4.69, 9.17) is 0 Å². The van der Waals surface area contributed by atoms with Crippen LogP contribution in [0.4, 0.5) is 5.95 Å². The van der Waals surface area contributed by atoms with Crippen LogP contribution in [0.25, 0.3) is 5.65 Å². The Kier molecular flexibility index (Phi) is 1.59. The number of pyridine rings is 1. The van der Waals surface area contributed by atoms with Crippen LogP contribution in [-0.2, 0) is 4.79 Å². The molecule has 0 fully saturated rings. The summed E-state index contributed by atoms with van der Waals surface area (Å²) in [5.41, 5.74) is 0.312. The topological polar surface area (TPSA) is 79.5 Å². The number of aromatic nitrogens is 3. The number of nitrogens with zero attached hydrogens (tertiary/aromatic N) is 3. The van der Waals surface area contributed by atoms with E-state index in [1.807, 2.05) is 0 Å². The zero-order valence-electron chi connectivity index (χ0n) is 6.51. The Labute approximate surface area is 72.8 Å². The Morgan fingerprint density at radius 1 is 1.62 bits per heavy atom. The molecular weight excluding hydrogens is 172 g/mol. The molecule has 2 rings (SSSR count). The molecule has 0 saturated heterocycles. The second-order valence-electron chi connectivity index (χ2n) is 2.36. The maximum Gasteiger partial charge on any atom is 0.249 e. The molecule has 2 heterocycles. The summed E-state index contributed by atoms with van der Waals surface area (Å²) in [6, 6.07) is 3.12. The molecule has 1 amide bonds. The van der Waals surface area contributed by atoms with Crippen molar-refractivity contribution in [1.82, 2.24) is 14.6 Å². The largest absolute Gasteiger partial charge is 0.504 e. The van der Waals surface area contributed by atoms with Gasteiger partial charge in [-0.05, 0) is 12.1 Å². The highest BCUT2D eigenvalue weighted by atomic mass is 16.3. The van der Waals surface area contributed by atoms with E-state index in [1.54, 1.807) is 12.3 Å². The smallest absolute Gasteiger partial charge is 0.249 e. The molecule has 0 aliphatic carbocycles. The molecule has 0 unspecified atom stereocenters. The van der Waals surface area contributed by atoms with Crippen molar-refractivity contribution in [3.63, 3.8) is 0 Å². The number of rotatable bonds is 2. The fourth-order valence-corrected chi connectivity index (χ4v) is 1.01. The maximum atomic E-state index is 10.1. The molecule has 13 heavy (non-hydrogen) atoms. The third-order valence-corrected chi connectivity index (χ3v) is 1.53. The molecule has 0 radical (unpaired) electrons. The van der Waals surface area contributed by atoms with Crippen molar-refractivity contribution in [1.29, 1.82) is 0 Å². The Bertz CT molecular complexity index is 451. The van der Waals surface area contributed by atoms with Crippen LogP contribution in [0.3, 0.4) is 0 Å². The van der Waals surface area contributed by atoms with E-state index in [-0.39, 0.29) is 11.7 Å². The normalized spacial score (nSPS) is 10.2. The third kappa shape index (κ3) is 1.18. The fraction of sp³-hybridized carbons (Fsp3) is 0. The molecule has 0 aliphatic rings. The van der Waals surface area contributed by atoms with Gasteiger partial charge in [-0.25, -0.2) is 4.52 Å². The summed E-state index contributed by atoms with van der Waals surface area (Å²) in [6.07, 6.45) is 2.10. The molecule has 6 heteroatoms. The zero-order valence-corrected chi connectivity index (χ0v) is 6.51. The van der Waals surface area contributed by atoms with E-state index >= 15 is 0 Å². The van der Waals surface area contributed by atoms with Crippen LogP contribution in [0.2, 0.25) is 0 Å². The molecule has 0 spiro atoms. The Morgan fingerprint density at radius 2 is 2.46 bits per heavy atom. The van der Waals surface area contributed by atoms with Gasteiger partial charge in [0.1, 0.15) is 0 Å². The molecular formula is C7H6N4O2. The van der Waals surface area contributed by atoms with Crippen molar-refractivity contribution in [2.75, 3.05) is 5.32 Å². The lowest BCUT2D eigenvalue weighted by atomic mass is 10.4. The van der Waals surface area contributed by atoms with Gasteiger partial charge in [0, 0.05) is 6.20 Å². The highest BCUT2D eigenvalue weighted by Gasteiger charge is 2.04. The van der Waals surface area contributed by atoms with Crippen LogP contribution in [0, 0.1) is 0 Å². The quantitative estimate of drug-likeness (QED) is 0.634. The third-order valence-electron chi connectivity index (χ3n) is 1.53. The highest BCUT2D eigenvalue weighted by molar-refractivity contribution is 5.68. The fourth-order valence-electron chi connectivity index (χ4n) is 1.01. The predicted molar refractivity (Wildman–Crippen MR) is 44.3 cm³/mol. The van der Waals surface area contributed by atoms with Crippen LogP contribution in [-0.4, -0.2) is 26.1 Å². The lowest BCUT2D eigenvalue weighted by Gasteiger charge is -1.90. The molecule has 2 aromatic heterocycles. The summed E-state index contributed by atoms with van der Waals surface area (Å²) in [6.45, 7) is 0. The molecule has 6 nitrogen and oxygen atoms in total. The maximum absolute atomic E-state index is 10.1. The van der Waals surface area contributed by atoms with Gasteiger partial charge in [0.2, 0.25) is 12.4 Å². The number of anilines is 1. The summed E-state index contributed by atoms with van der Waals surface area (Å²) in [5, 5.41) is 15.5. The average Bonchev–Trinajstić information content (AvgIpc) is 2.49. The van der Waals surface area contributed by atoms with Gasteiger partial charge in [0.25, 0.3) is 0 Å². The Morgan fingerprint density at radius 3 is 3.15 bits per heavy atom. The second-order valence-corrected chi connectivity index (χ2v) is 2.36. The molecule has 2 aromatic rings. The van der Waals surface area contributed by atoms with Gasteiger partial charge >= 0.3 is 0 Å². The van der Waals surface area contributed by atoms with Crippen molar-refractivity contribution >= 4 is 18.0 Å². The molecule has 0 aromatic carbocycles. The minimum atomic E-state index is 0.0222. The molecule has 0 aliphatic heterocycles. The minimum Gasteiger partial charge on any atom is -0.504 e. The first-order chi connectivity index (χ1) is 6.31. The van der Waals surface area contributed by atoms with Crippen LogP contribution >= 0.6 is 0 Å². The SMILES string of the molecule is O=CNc1nc2c(O)cccn2n1. The Hall–Kier alpha value is -2.11. The number of nitrogens with one attached hydrogen (secondary N) is 1. The number of carbonyl (C=O) groups excluding carboxylic acids is 1. The first kappa shape index (κ1) is 7.53. The standard InChI is InChI=1S/C7H6N4O2/c12-4-8-7-9-6-5(13)2-1-3-11(6)10-7/h1-4,13H,(H,8,10,12). The average molecular weight is 178 g/mol. The first-order valence-corrected chi connectivity index (χ1v) is 3.56. The van der Waals surface area contributed by atoms with Crippen molar-refractivity contribution < 1.29 is 9.90 Å². The molecule has 0 saturated carbocycles. The van der Waals surface area contributed by atoms with Gasteiger partial charge < -0.3 is 5.11 Å². The van der Waals surface area contributed by atoms with Crippen LogP contribution < -0.4 is 5.32 Å². The monoisotopic (exact) mass is 178 g/mol. The summed E-state index contributed by atoms with van der Waals surface area (Å²) in [7, 11) is 0. The van der Waals surface area contributed by atoms with Gasteiger partial charge in [-0.15, -0.1) is 5.10 Å². The number of carbonyl (C=O) groups is 1. The highest BCUT2D eigenvalue weighted by Crippen LogP contribution is 2.15. The summed E-state index contributed by atoms with van der Waals surface area (Å²) >= 11 is 0. The number of hydrogen-bond donors (Lipinski definition) is 2. The van der Waals surface area contributed by atoms with E-state index in [9.17, 15) is 9.90 Å². The second kappa shape index (κ2) is 2.74. The van der Waals surface area contributed by atoms with E-state index in [2.05, 4.69) is 15.4 Å². The number of aromatic hydroxyl groups is 1. The van der Waals surface area contributed by atoms with Crippen molar-refractivity contribution in [3.8, 4) is 5.75 Å². The molecule has 2 N–H and O–H groups in total. The molecule has 0 bridgehead atoms. The first-order valence-electron chi connectivity index (χ1n) is 3.56. The van der Waals surface area contributed by atoms with Crippen molar-refractivity contribution in [2.24, 2.45) is 0 Å². The van der Waals surface area contributed by atoms with Gasteiger partial charge in [-0.3, -0.25) is 10.1 Å². The van der Waals surface area contributed by atoms with Gasteiger partial charge in [-0.2, -0.15) is 4.98 Å². The summed E-state index contributed by atoms with van der Waals surface area (Å²) in [4.78, 5) is 13.9. The molecule has 66 valence electrons. The number of hydrogen-bond acceptors (Lipinski definition) is 4. The predicted octanol–water partition coefficient (Wildman–Crippen LogP) is 0.00320. The van der Waals surface area contributed by atoms with E-state index in [0.717, 1.165) is 0 Å². The lowest BCUT2D eigenvalue weighted by Crippen LogP contribution is -1.95. The number of fused-ring (bicyclic) bond motifs is 1. The van der Waals surface area contributed by atoms with Crippen molar-refractivity contribution in [3.05, 3.63) is 18.3 Å². The molecule has 0 atom stereocenters. The van der Waals surface area contributed by atoms with E-state index < -0.39 is 0 Å². The van der Waals surface area contributed by atoms with Gasteiger partial charge in [0.05, 0.1) is 0 Å². The van der Waals surface area contributed by atoms with Crippen molar-refractivity contribution in [2.45, 2.75) is 0 Å². The number of amides is 1. The van der Waals surface area contributed by atoms with Crippen LogP contribution in [0.15, 0.2) is 18.3 Å². The van der Waals surface area contributed by atoms with E-state index in [0.29, 0.717) is 12.1 Å². The van der Waals surface area contributed by atoms with E-state index in [1.165, 1.54) is 10.6 Å². The van der Waals surface area contributed by atoms with Gasteiger partial charge in [0.15, 0.2) is 11.4 Å².